The number of nitrogens with zero attached hydrogens (tertiary/aromatic N) is 2. The van der Waals surface area contributed by atoms with Crippen LogP contribution in [0.2, 0.25) is 0 Å². The summed E-state index contributed by atoms with van der Waals surface area (Å²) < 4.78 is 12.4. The molecule has 0 saturated carbocycles. The molecule has 2 aromatic rings. The normalized spacial score (nSPS) is 15.3. The monoisotopic (exact) mass is 421 g/mol. The number of carbonyl (C=O) groups is 2. The molecule has 2 N–H and O–H groups in total. The van der Waals surface area contributed by atoms with Crippen molar-refractivity contribution in [2.45, 2.75) is 30.7 Å². The number of thioether (sulfide) groups is 1. The molecule has 1 aliphatic heterocycles. The topological polar surface area (TPSA) is 94.8 Å². The van der Waals surface area contributed by atoms with E-state index in [-0.39, 0.29) is 30.1 Å². The van der Waals surface area contributed by atoms with Crippen LogP contribution in [0.4, 0.5) is 0 Å². The number of primary amides is 1. The van der Waals surface area contributed by atoms with E-state index in [9.17, 15) is 9.59 Å². The minimum absolute atomic E-state index is 0.0132. The average Bonchev–Trinajstić information content (AvgIpc) is 3.02. The van der Waals surface area contributed by atoms with E-state index < -0.39 is 0 Å². The molecule has 150 valence electrons. The first-order valence-electron chi connectivity index (χ1n) is 9.00. The maximum absolute atomic E-state index is 12.6. The van der Waals surface area contributed by atoms with E-state index in [2.05, 4.69) is 4.98 Å². The van der Waals surface area contributed by atoms with Gasteiger partial charge in [0, 0.05) is 11.4 Å². The number of ether oxygens (including phenoxy) is 2. The van der Waals surface area contributed by atoms with Gasteiger partial charge in [-0.15, -0.1) is 11.3 Å². The molecule has 1 aliphatic rings. The summed E-state index contributed by atoms with van der Waals surface area (Å²) in [5.74, 6) is 1.35. The van der Waals surface area contributed by atoms with Crippen LogP contribution in [0.25, 0.3) is 0 Å². The third kappa shape index (κ3) is 5.17. The van der Waals surface area contributed by atoms with Crippen molar-refractivity contribution in [3.05, 3.63) is 34.8 Å². The first-order valence-corrected chi connectivity index (χ1v) is 10.8. The van der Waals surface area contributed by atoms with Gasteiger partial charge in [0.2, 0.25) is 11.8 Å². The van der Waals surface area contributed by atoms with Gasteiger partial charge in [-0.1, -0.05) is 23.9 Å². The quantitative estimate of drug-likeness (QED) is 0.657. The van der Waals surface area contributed by atoms with Crippen molar-refractivity contribution in [3.63, 3.8) is 0 Å². The maximum Gasteiger partial charge on any atom is 0.233 e. The molecule has 0 radical (unpaired) electrons. The van der Waals surface area contributed by atoms with Crippen LogP contribution < -0.4 is 15.2 Å². The summed E-state index contributed by atoms with van der Waals surface area (Å²) in [6, 6.07) is 7.53. The number of fused-ring (bicyclic) bond motifs is 1. The zero-order valence-electron chi connectivity index (χ0n) is 15.8. The van der Waals surface area contributed by atoms with Crippen molar-refractivity contribution in [1.29, 1.82) is 0 Å². The fraction of sp³-hybridized carbons (Fsp3) is 0.421. The predicted molar refractivity (Wildman–Crippen MR) is 109 cm³/mol. The van der Waals surface area contributed by atoms with Crippen LogP contribution >= 0.6 is 23.1 Å². The van der Waals surface area contributed by atoms with E-state index in [0.29, 0.717) is 25.4 Å². The third-order valence-electron chi connectivity index (χ3n) is 4.25. The summed E-state index contributed by atoms with van der Waals surface area (Å²) in [5, 5.41) is 0. The maximum atomic E-state index is 12.6. The van der Waals surface area contributed by atoms with E-state index in [1.165, 1.54) is 23.1 Å². The van der Waals surface area contributed by atoms with E-state index in [4.69, 9.17) is 15.2 Å². The summed E-state index contributed by atoms with van der Waals surface area (Å²) in [6.45, 7) is 5.25. The van der Waals surface area contributed by atoms with E-state index in [0.717, 1.165) is 20.7 Å². The zero-order valence-corrected chi connectivity index (χ0v) is 17.5. The molecule has 9 heteroatoms. The molecule has 0 unspecified atom stereocenters. The summed E-state index contributed by atoms with van der Waals surface area (Å²) >= 11 is 2.79. The Morgan fingerprint density at radius 3 is 2.82 bits per heavy atom. The number of benzene rings is 1. The summed E-state index contributed by atoms with van der Waals surface area (Å²) in [7, 11) is 0. The fourth-order valence-electron chi connectivity index (χ4n) is 2.81. The molecule has 0 bridgehead atoms. The minimum Gasteiger partial charge on any atom is -0.486 e. The molecule has 7 nitrogen and oxygen atoms in total. The molecule has 28 heavy (non-hydrogen) atoms. The second-order valence-corrected chi connectivity index (χ2v) is 8.66. The van der Waals surface area contributed by atoms with Crippen LogP contribution in [0.1, 0.15) is 17.5 Å². The van der Waals surface area contributed by atoms with Gasteiger partial charge in [-0.05, 0) is 26.0 Å². The lowest BCUT2D eigenvalue weighted by atomic mass is 10.2. The van der Waals surface area contributed by atoms with Crippen LogP contribution in [0.3, 0.4) is 0 Å². The number of aryl methyl sites for hydroxylation is 1. The number of aromatic nitrogens is 1. The molecule has 2 heterocycles. The number of para-hydroxylation sites is 2. The number of rotatable bonds is 8. The van der Waals surface area contributed by atoms with E-state index in [1.807, 2.05) is 38.1 Å². The Morgan fingerprint density at radius 1 is 1.36 bits per heavy atom. The Balaban J connectivity index is 1.53. The second kappa shape index (κ2) is 9.29. The Labute approximate surface area is 172 Å². The molecule has 0 spiro atoms. The number of amides is 2. The Morgan fingerprint density at radius 2 is 2.11 bits per heavy atom. The number of hydrogen-bond acceptors (Lipinski definition) is 7. The summed E-state index contributed by atoms with van der Waals surface area (Å²) in [4.78, 5) is 30.8. The van der Waals surface area contributed by atoms with Gasteiger partial charge < -0.3 is 20.1 Å². The van der Waals surface area contributed by atoms with Crippen molar-refractivity contribution in [2.24, 2.45) is 5.73 Å². The number of likely N-dealkylation sites (N-methyl/N-ethyl adjacent to an activating group) is 1. The molecule has 2 amide bonds. The molecular weight excluding hydrogens is 398 g/mol. The standard InChI is InChI=1S/C19H23N3O4S2/c1-3-22(9-13-10-25-14-6-4-5-7-15(14)26-13)18(24)11-27-19-21-12(2)16(28-19)8-17(20)23/h4-7,13H,3,8-11H2,1-2H3,(H2,20,23)/t13-/m1/s1. The van der Waals surface area contributed by atoms with Gasteiger partial charge in [0.25, 0.3) is 0 Å². The van der Waals surface area contributed by atoms with Crippen LogP contribution in [0.5, 0.6) is 11.5 Å². The zero-order chi connectivity index (χ0) is 20.1. The molecule has 0 saturated heterocycles. The largest absolute Gasteiger partial charge is 0.486 e. The Bertz CT molecular complexity index is 855. The third-order valence-corrected chi connectivity index (χ3v) is 6.54. The van der Waals surface area contributed by atoms with Gasteiger partial charge in [-0.3, -0.25) is 9.59 Å². The van der Waals surface area contributed by atoms with Crippen molar-refractivity contribution < 1.29 is 19.1 Å². The number of thiazole rings is 1. The Hall–Kier alpha value is -2.26. The van der Waals surface area contributed by atoms with Gasteiger partial charge in [0.1, 0.15) is 6.61 Å². The molecule has 1 atom stereocenters. The molecule has 1 aromatic carbocycles. The van der Waals surface area contributed by atoms with Crippen molar-refractivity contribution in [1.82, 2.24) is 9.88 Å². The highest BCUT2D eigenvalue weighted by atomic mass is 32.2. The lowest BCUT2D eigenvalue weighted by Crippen LogP contribution is -2.44. The predicted octanol–water partition coefficient (Wildman–Crippen LogP) is 2.26. The van der Waals surface area contributed by atoms with Gasteiger partial charge >= 0.3 is 0 Å². The minimum atomic E-state index is -0.382. The van der Waals surface area contributed by atoms with Crippen molar-refractivity contribution in [2.75, 3.05) is 25.4 Å². The van der Waals surface area contributed by atoms with Crippen LogP contribution in [0, 0.1) is 6.92 Å². The first kappa shape index (κ1) is 20.5. The van der Waals surface area contributed by atoms with Crippen molar-refractivity contribution in [3.8, 4) is 11.5 Å². The average molecular weight is 422 g/mol. The van der Waals surface area contributed by atoms with Crippen LogP contribution in [-0.2, 0) is 16.0 Å². The highest BCUT2D eigenvalue weighted by Gasteiger charge is 2.25. The fourth-order valence-corrected chi connectivity index (χ4v) is 4.95. The summed E-state index contributed by atoms with van der Waals surface area (Å²) in [5.41, 5.74) is 6.04. The SMILES string of the molecule is CCN(C[C@@H]1COc2ccccc2O1)C(=O)CSc1nc(C)c(CC(N)=O)s1. The highest BCUT2D eigenvalue weighted by molar-refractivity contribution is 8.01. The highest BCUT2D eigenvalue weighted by Crippen LogP contribution is 2.31. The molecule has 1 aromatic heterocycles. The molecular formula is C19H23N3O4S2. The number of nitrogens with two attached hydrogens (primary N) is 1. The second-order valence-electron chi connectivity index (χ2n) is 6.35. The molecule has 0 aliphatic carbocycles. The number of hydrogen-bond donors (Lipinski definition) is 1. The first-order chi connectivity index (χ1) is 13.5. The summed E-state index contributed by atoms with van der Waals surface area (Å²) in [6.07, 6.45) is -0.0207. The smallest absolute Gasteiger partial charge is 0.233 e. The van der Waals surface area contributed by atoms with Gasteiger partial charge in [-0.25, -0.2) is 4.98 Å². The number of carbonyl (C=O) groups excluding carboxylic acids is 2. The van der Waals surface area contributed by atoms with Gasteiger partial charge in [0.15, 0.2) is 21.9 Å². The van der Waals surface area contributed by atoms with E-state index >= 15 is 0 Å². The van der Waals surface area contributed by atoms with Gasteiger partial charge in [0.05, 0.1) is 24.4 Å². The van der Waals surface area contributed by atoms with E-state index in [1.54, 1.807) is 4.90 Å². The lowest BCUT2D eigenvalue weighted by Gasteiger charge is -2.30. The van der Waals surface area contributed by atoms with Gasteiger partial charge in [-0.2, -0.15) is 0 Å². The lowest BCUT2D eigenvalue weighted by molar-refractivity contribution is -0.129. The Kier molecular flexibility index (Phi) is 6.79. The van der Waals surface area contributed by atoms with Crippen LogP contribution in [-0.4, -0.2) is 53.3 Å². The van der Waals surface area contributed by atoms with Crippen molar-refractivity contribution >= 4 is 34.9 Å². The molecule has 0 fully saturated rings. The molecule has 3 rings (SSSR count). The van der Waals surface area contributed by atoms with Crippen LogP contribution in [0.15, 0.2) is 28.6 Å².